The molecule has 1 aliphatic rings. The van der Waals surface area contributed by atoms with E-state index in [1.165, 1.54) is 0 Å². The Kier molecular flexibility index (Phi) is 3.76. The van der Waals surface area contributed by atoms with Crippen molar-refractivity contribution in [2.75, 3.05) is 5.73 Å². The van der Waals surface area contributed by atoms with Gasteiger partial charge in [-0.1, -0.05) is 11.6 Å². The number of hydrogen-bond acceptors (Lipinski definition) is 3. The number of nitrogen functional groups attached to an aromatic ring is 1. The minimum absolute atomic E-state index is 0.0307. The third-order valence-electron chi connectivity index (χ3n) is 4.00. The summed E-state index contributed by atoms with van der Waals surface area (Å²) in [6, 6.07) is 1.72. The van der Waals surface area contributed by atoms with E-state index in [1.54, 1.807) is 27.7 Å². The molecule has 21 heavy (non-hydrogen) atoms. The average Bonchev–Trinajstić information content (AvgIpc) is 2.50. The highest BCUT2D eigenvalue weighted by atomic mass is 35.5. The summed E-state index contributed by atoms with van der Waals surface area (Å²) in [5.74, 6) is 0. The first-order chi connectivity index (χ1) is 9.35. The first kappa shape index (κ1) is 16.5. The molecule has 0 aromatic heterocycles. The van der Waals surface area contributed by atoms with E-state index in [9.17, 15) is 13.2 Å². The van der Waals surface area contributed by atoms with Crippen LogP contribution in [0.25, 0.3) is 0 Å². The van der Waals surface area contributed by atoms with Crippen molar-refractivity contribution >= 4 is 29.9 Å². The van der Waals surface area contributed by atoms with E-state index in [-0.39, 0.29) is 16.2 Å². The lowest BCUT2D eigenvalue weighted by molar-refractivity contribution is -0.137. The van der Waals surface area contributed by atoms with Gasteiger partial charge in [0.05, 0.1) is 27.5 Å². The van der Waals surface area contributed by atoms with Gasteiger partial charge in [0, 0.05) is 5.46 Å². The fraction of sp³-hybridized carbons (Fsp3) is 0.538. The zero-order valence-corrected chi connectivity index (χ0v) is 12.9. The summed E-state index contributed by atoms with van der Waals surface area (Å²) in [7, 11) is -0.991. The SMILES string of the molecule is CC1(C)OB(c2cc(C(F)(F)F)cc(Cl)c2N)OC1(C)C. The van der Waals surface area contributed by atoms with Crippen LogP contribution in [-0.2, 0) is 15.5 Å². The molecule has 8 heteroatoms. The topological polar surface area (TPSA) is 44.5 Å². The van der Waals surface area contributed by atoms with Gasteiger partial charge in [0.25, 0.3) is 0 Å². The third kappa shape index (κ3) is 2.87. The molecule has 0 bridgehead atoms. The summed E-state index contributed by atoms with van der Waals surface area (Å²) in [4.78, 5) is 0. The number of alkyl halides is 3. The molecule has 1 fully saturated rings. The summed E-state index contributed by atoms with van der Waals surface area (Å²) >= 11 is 5.81. The second kappa shape index (κ2) is 4.79. The number of hydrogen-bond donors (Lipinski definition) is 1. The molecule has 0 spiro atoms. The van der Waals surface area contributed by atoms with Crippen LogP contribution in [-0.4, -0.2) is 18.3 Å². The number of anilines is 1. The highest BCUT2D eigenvalue weighted by Crippen LogP contribution is 2.38. The minimum atomic E-state index is -4.52. The Labute approximate surface area is 126 Å². The van der Waals surface area contributed by atoms with E-state index in [0.29, 0.717) is 0 Å². The molecular weight excluding hydrogens is 305 g/mol. The molecule has 1 aromatic rings. The Morgan fingerprint density at radius 3 is 2.00 bits per heavy atom. The number of halogens is 4. The zero-order chi connectivity index (χ0) is 16.2. The van der Waals surface area contributed by atoms with Crippen molar-refractivity contribution in [3.05, 3.63) is 22.7 Å². The van der Waals surface area contributed by atoms with Crippen LogP contribution in [0, 0.1) is 0 Å². The van der Waals surface area contributed by atoms with Crippen molar-refractivity contribution < 1.29 is 22.5 Å². The van der Waals surface area contributed by atoms with Crippen molar-refractivity contribution in [1.29, 1.82) is 0 Å². The summed E-state index contributed by atoms with van der Waals surface area (Å²) in [6.45, 7) is 7.22. The number of benzene rings is 1. The van der Waals surface area contributed by atoms with Gasteiger partial charge in [-0.15, -0.1) is 0 Å². The van der Waals surface area contributed by atoms with Crippen molar-refractivity contribution in [3.8, 4) is 0 Å². The summed E-state index contributed by atoms with van der Waals surface area (Å²) in [6.07, 6.45) is -4.52. The van der Waals surface area contributed by atoms with Gasteiger partial charge in [-0.25, -0.2) is 0 Å². The van der Waals surface area contributed by atoms with Gasteiger partial charge >= 0.3 is 13.3 Å². The Morgan fingerprint density at radius 2 is 1.57 bits per heavy atom. The van der Waals surface area contributed by atoms with E-state index in [1.807, 2.05) is 0 Å². The van der Waals surface area contributed by atoms with Crippen LogP contribution in [0.4, 0.5) is 18.9 Å². The van der Waals surface area contributed by atoms with Gasteiger partial charge in [-0.3, -0.25) is 0 Å². The number of rotatable bonds is 1. The molecule has 0 radical (unpaired) electrons. The standard InChI is InChI=1S/C13H16BClF3NO2/c1-11(2)12(3,4)21-14(20-11)8-5-7(13(16,17)18)6-9(15)10(8)19/h5-6H,19H2,1-4H3. The Balaban J connectivity index is 2.48. The fourth-order valence-corrected chi connectivity index (χ4v) is 2.19. The van der Waals surface area contributed by atoms with E-state index >= 15 is 0 Å². The van der Waals surface area contributed by atoms with Gasteiger partial charge in [-0.05, 0) is 39.8 Å². The molecule has 2 rings (SSSR count). The van der Waals surface area contributed by atoms with Crippen LogP contribution in [0.3, 0.4) is 0 Å². The lowest BCUT2D eigenvalue weighted by atomic mass is 9.77. The Bertz CT molecular complexity index is 559. The summed E-state index contributed by atoms with van der Waals surface area (Å²) in [5.41, 5.74) is 3.68. The Morgan fingerprint density at radius 1 is 1.10 bits per heavy atom. The first-order valence-electron chi connectivity index (χ1n) is 6.37. The molecule has 1 heterocycles. The predicted molar refractivity (Wildman–Crippen MR) is 76.6 cm³/mol. The molecule has 1 aromatic carbocycles. The predicted octanol–water partition coefficient (Wildman–Crippen LogP) is 3.24. The molecule has 0 atom stereocenters. The second-order valence-electron chi connectivity index (χ2n) is 6.05. The van der Waals surface area contributed by atoms with Crippen LogP contribution in [0.1, 0.15) is 33.3 Å². The van der Waals surface area contributed by atoms with Crippen molar-refractivity contribution in [2.45, 2.75) is 45.1 Å². The van der Waals surface area contributed by atoms with Gasteiger partial charge in [-0.2, -0.15) is 13.2 Å². The normalized spacial score (nSPS) is 20.9. The van der Waals surface area contributed by atoms with Crippen LogP contribution in [0.15, 0.2) is 12.1 Å². The Hall–Kier alpha value is -0.915. The van der Waals surface area contributed by atoms with Crippen LogP contribution < -0.4 is 11.2 Å². The molecule has 116 valence electrons. The van der Waals surface area contributed by atoms with E-state index in [0.717, 1.165) is 12.1 Å². The molecule has 0 unspecified atom stereocenters. The second-order valence-corrected chi connectivity index (χ2v) is 6.45. The molecular formula is C13H16BClF3NO2. The van der Waals surface area contributed by atoms with E-state index < -0.39 is 30.1 Å². The van der Waals surface area contributed by atoms with Crippen LogP contribution in [0.5, 0.6) is 0 Å². The van der Waals surface area contributed by atoms with Gasteiger partial charge in [0.2, 0.25) is 0 Å². The molecule has 1 saturated heterocycles. The molecule has 0 amide bonds. The lowest BCUT2D eigenvalue weighted by Gasteiger charge is -2.32. The molecule has 0 saturated carbocycles. The number of nitrogens with two attached hydrogens (primary N) is 1. The summed E-state index contributed by atoms with van der Waals surface area (Å²) < 4.78 is 50.1. The highest BCUT2D eigenvalue weighted by molar-refractivity contribution is 6.64. The minimum Gasteiger partial charge on any atom is -0.399 e. The van der Waals surface area contributed by atoms with Gasteiger partial charge in [0.15, 0.2) is 0 Å². The monoisotopic (exact) mass is 321 g/mol. The molecule has 1 aliphatic heterocycles. The smallest absolute Gasteiger partial charge is 0.399 e. The van der Waals surface area contributed by atoms with Crippen molar-refractivity contribution in [2.24, 2.45) is 0 Å². The van der Waals surface area contributed by atoms with E-state index in [2.05, 4.69) is 0 Å². The third-order valence-corrected chi connectivity index (χ3v) is 4.31. The lowest BCUT2D eigenvalue weighted by Crippen LogP contribution is -2.41. The quantitative estimate of drug-likeness (QED) is 0.638. The van der Waals surface area contributed by atoms with Gasteiger partial charge < -0.3 is 15.0 Å². The van der Waals surface area contributed by atoms with E-state index in [4.69, 9.17) is 26.6 Å². The average molecular weight is 322 g/mol. The summed E-state index contributed by atoms with van der Waals surface area (Å²) in [5, 5.41) is -0.172. The van der Waals surface area contributed by atoms with Crippen LogP contribution in [0.2, 0.25) is 5.02 Å². The molecule has 2 N–H and O–H groups in total. The highest BCUT2D eigenvalue weighted by Gasteiger charge is 2.52. The van der Waals surface area contributed by atoms with Crippen molar-refractivity contribution in [3.63, 3.8) is 0 Å². The fourth-order valence-electron chi connectivity index (χ4n) is 1.97. The van der Waals surface area contributed by atoms with Crippen molar-refractivity contribution in [1.82, 2.24) is 0 Å². The van der Waals surface area contributed by atoms with Gasteiger partial charge in [0.1, 0.15) is 0 Å². The maximum atomic E-state index is 12.9. The van der Waals surface area contributed by atoms with Crippen LogP contribution >= 0.6 is 11.6 Å². The zero-order valence-electron chi connectivity index (χ0n) is 12.1. The maximum Gasteiger partial charge on any atom is 0.497 e. The largest absolute Gasteiger partial charge is 0.497 e. The molecule has 3 nitrogen and oxygen atoms in total. The maximum absolute atomic E-state index is 12.9. The first-order valence-corrected chi connectivity index (χ1v) is 6.75. The molecule has 0 aliphatic carbocycles.